The number of benzene rings is 2. The molecule has 0 saturated heterocycles. The summed E-state index contributed by atoms with van der Waals surface area (Å²) in [7, 11) is 0. The maximum absolute atomic E-state index is 12.2. The number of rotatable bonds is 8. The molecular weight excluding hydrogens is 380 g/mol. The zero-order valence-corrected chi connectivity index (χ0v) is 17.2. The molecule has 0 spiro atoms. The molecule has 7 heteroatoms. The SMILES string of the molecule is CC(C)CCOc1ccc(C(=O)NNC(=O)Cc2cnn(-c3ccccc3)c2)cc1. The molecule has 0 aliphatic rings. The summed E-state index contributed by atoms with van der Waals surface area (Å²) < 4.78 is 7.34. The summed E-state index contributed by atoms with van der Waals surface area (Å²) in [4.78, 5) is 24.4. The lowest BCUT2D eigenvalue weighted by Crippen LogP contribution is -2.42. The predicted octanol–water partition coefficient (Wildman–Crippen LogP) is 3.30. The van der Waals surface area contributed by atoms with E-state index >= 15 is 0 Å². The summed E-state index contributed by atoms with van der Waals surface area (Å²) in [6, 6.07) is 16.4. The Labute approximate surface area is 176 Å². The quantitative estimate of drug-likeness (QED) is 0.562. The monoisotopic (exact) mass is 406 g/mol. The Kier molecular flexibility index (Phi) is 7.21. The molecule has 0 aliphatic carbocycles. The van der Waals surface area contributed by atoms with Crippen molar-refractivity contribution in [1.29, 1.82) is 0 Å². The Morgan fingerprint density at radius 1 is 1.03 bits per heavy atom. The molecule has 1 heterocycles. The van der Waals surface area contributed by atoms with Crippen LogP contribution in [0, 0.1) is 5.92 Å². The van der Waals surface area contributed by atoms with Crippen LogP contribution < -0.4 is 15.6 Å². The van der Waals surface area contributed by atoms with Crippen molar-refractivity contribution in [2.75, 3.05) is 6.61 Å². The summed E-state index contributed by atoms with van der Waals surface area (Å²) >= 11 is 0. The minimum Gasteiger partial charge on any atom is -0.494 e. The first-order chi connectivity index (χ1) is 14.5. The van der Waals surface area contributed by atoms with Crippen LogP contribution in [0.2, 0.25) is 0 Å². The lowest BCUT2D eigenvalue weighted by atomic mass is 10.1. The van der Waals surface area contributed by atoms with Gasteiger partial charge >= 0.3 is 0 Å². The highest BCUT2D eigenvalue weighted by atomic mass is 16.5. The van der Waals surface area contributed by atoms with Crippen molar-refractivity contribution in [3.8, 4) is 11.4 Å². The number of carbonyl (C=O) groups excluding carboxylic acids is 2. The topological polar surface area (TPSA) is 85.2 Å². The Balaban J connectivity index is 1.45. The molecule has 30 heavy (non-hydrogen) atoms. The first-order valence-electron chi connectivity index (χ1n) is 9.92. The highest BCUT2D eigenvalue weighted by Gasteiger charge is 2.10. The summed E-state index contributed by atoms with van der Waals surface area (Å²) in [6.45, 7) is 4.92. The second-order valence-corrected chi connectivity index (χ2v) is 7.36. The number of nitrogens with zero attached hydrogens (tertiary/aromatic N) is 2. The van der Waals surface area contributed by atoms with Crippen molar-refractivity contribution in [2.45, 2.75) is 26.7 Å². The van der Waals surface area contributed by atoms with Gasteiger partial charge in [0.2, 0.25) is 5.91 Å². The van der Waals surface area contributed by atoms with Gasteiger partial charge in [0.25, 0.3) is 5.91 Å². The third-order valence-corrected chi connectivity index (χ3v) is 4.42. The van der Waals surface area contributed by atoms with Gasteiger partial charge in [-0.2, -0.15) is 5.10 Å². The van der Waals surface area contributed by atoms with Gasteiger partial charge in [-0.25, -0.2) is 4.68 Å². The van der Waals surface area contributed by atoms with Gasteiger partial charge in [0, 0.05) is 11.8 Å². The molecule has 0 saturated carbocycles. The number of aromatic nitrogens is 2. The minimum absolute atomic E-state index is 0.107. The zero-order chi connectivity index (χ0) is 21.3. The van der Waals surface area contributed by atoms with Crippen LogP contribution in [-0.4, -0.2) is 28.2 Å². The smallest absolute Gasteiger partial charge is 0.269 e. The fourth-order valence-electron chi connectivity index (χ4n) is 2.72. The fourth-order valence-corrected chi connectivity index (χ4v) is 2.72. The first-order valence-corrected chi connectivity index (χ1v) is 9.92. The Bertz CT molecular complexity index is 966. The van der Waals surface area contributed by atoms with E-state index in [1.54, 1.807) is 41.3 Å². The van der Waals surface area contributed by atoms with Crippen molar-refractivity contribution in [2.24, 2.45) is 5.92 Å². The average molecular weight is 406 g/mol. The molecule has 2 N–H and O–H groups in total. The molecule has 0 aliphatic heterocycles. The predicted molar refractivity (Wildman–Crippen MR) is 114 cm³/mol. The minimum atomic E-state index is -0.392. The number of nitrogens with one attached hydrogen (secondary N) is 2. The third-order valence-electron chi connectivity index (χ3n) is 4.42. The van der Waals surface area contributed by atoms with Gasteiger partial charge in [-0.1, -0.05) is 32.0 Å². The van der Waals surface area contributed by atoms with E-state index in [1.807, 2.05) is 30.3 Å². The van der Waals surface area contributed by atoms with E-state index in [0.29, 0.717) is 23.8 Å². The van der Waals surface area contributed by atoms with E-state index in [9.17, 15) is 9.59 Å². The van der Waals surface area contributed by atoms with Gasteiger partial charge in [0.05, 0.1) is 24.9 Å². The van der Waals surface area contributed by atoms with E-state index < -0.39 is 5.91 Å². The molecule has 2 aromatic carbocycles. The molecule has 3 rings (SSSR count). The van der Waals surface area contributed by atoms with Crippen molar-refractivity contribution in [3.63, 3.8) is 0 Å². The van der Waals surface area contributed by atoms with Crippen LogP contribution in [0.15, 0.2) is 67.0 Å². The Hall–Kier alpha value is -3.61. The standard InChI is InChI=1S/C23H26N4O3/c1-17(2)12-13-30-21-10-8-19(9-11-21)23(29)26-25-22(28)14-18-15-24-27(16-18)20-6-4-3-5-7-20/h3-11,15-17H,12-14H2,1-2H3,(H,25,28)(H,26,29). The molecule has 0 unspecified atom stereocenters. The van der Waals surface area contributed by atoms with E-state index in [4.69, 9.17) is 4.74 Å². The molecule has 0 bridgehead atoms. The molecule has 1 aromatic heterocycles. The van der Waals surface area contributed by atoms with Crippen LogP contribution in [0.5, 0.6) is 5.75 Å². The Morgan fingerprint density at radius 2 is 1.77 bits per heavy atom. The molecule has 7 nitrogen and oxygen atoms in total. The van der Waals surface area contributed by atoms with Crippen LogP contribution in [0.25, 0.3) is 5.69 Å². The summed E-state index contributed by atoms with van der Waals surface area (Å²) in [6.07, 6.45) is 4.50. The number of ether oxygens (including phenoxy) is 1. The van der Waals surface area contributed by atoms with Gasteiger partial charge in [-0.3, -0.25) is 20.4 Å². The van der Waals surface area contributed by atoms with E-state index in [2.05, 4.69) is 29.8 Å². The van der Waals surface area contributed by atoms with Crippen molar-refractivity contribution in [1.82, 2.24) is 20.6 Å². The maximum atomic E-state index is 12.2. The summed E-state index contributed by atoms with van der Waals surface area (Å²) in [5.74, 6) is 0.569. The first kappa shape index (κ1) is 21.1. The van der Waals surface area contributed by atoms with E-state index in [-0.39, 0.29) is 12.3 Å². The molecular formula is C23H26N4O3. The fraction of sp³-hybridized carbons (Fsp3) is 0.261. The number of amides is 2. The van der Waals surface area contributed by atoms with Crippen LogP contribution in [0.1, 0.15) is 36.2 Å². The van der Waals surface area contributed by atoms with Crippen LogP contribution in [0.3, 0.4) is 0 Å². The van der Waals surface area contributed by atoms with Crippen LogP contribution in [-0.2, 0) is 11.2 Å². The number of hydrazine groups is 1. The summed E-state index contributed by atoms with van der Waals surface area (Å²) in [5.41, 5.74) is 6.95. The van der Waals surface area contributed by atoms with E-state index in [1.165, 1.54) is 0 Å². The van der Waals surface area contributed by atoms with Gasteiger partial charge in [-0.05, 0) is 54.3 Å². The average Bonchev–Trinajstić information content (AvgIpc) is 3.21. The lowest BCUT2D eigenvalue weighted by Gasteiger charge is -2.09. The number of hydrogen-bond acceptors (Lipinski definition) is 4. The molecule has 3 aromatic rings. The second kappa shape index (κ2) is 10.2. The normalized spacial score (nSPS) is 10.6. The molecule has 0 fully saturated rings. The zero-order valence-electron chi connectivity index (χ0n) is 17.2. The van der Waals surface area contributed by atoms with Gasteiger partial charge in [0.1, 0.15) is 5.75 Å². The maximum Gasteiger partial charge on any atom is 0.269 e. The number of para-hydroxylation sites is 1. The lowest BCUT2D eigenvalue weighted by molar-refractivity contribution is -0.121. The summed E-state index contributed by atoms with van der Waals surface area (Å²) in [5, 5.41) is 4.26. The molecule has 2 amide bonds. The van der Waals surface area contributed by atoms with Crippen molar-refractivity contribution in [3.05, 3.63) is 78.1 Å². The van der Waals surface area contributed by atoms with Crippen LogP contribution in [0.4, 0.5) is 0 Å². The second-order valence-electron chi connectivity index (χ2n) is 7.36. The Morgan fingerprint density at radius 3 is 2.47 bits per heavy atom. The van der Waals surface area contributed by atoms with E-state index in [0.717, 1.165) is 17.7 Å². The molecule has 0 atom stereocenters. The largest absolute Gasteiger partial charge is 0.494 e. The van der Waals surface area contributed by atoms with Gasteiger partial charge in [0.15, 0.2) is 0 Å². The van der Waals surface area contributed by atoms with Crippen molar-refractivity contribution >= 4 is 11.8 Å². The number of hydrogen-bond donors (Lipinski definition) is 2. The number of carbonyl (C=O) groups is 2. The van der Waals surface area contributed by atoms with Gasteiger partial charge in [-0.15, -0.1) is 0 Å². The highest BCUT2D eigenvalue weighted by molar-refractivity contribution is 5.95. The molecule has 0 radical (unpaired) electrons. The van der Waals surface area contributed by atoms with Gasteiger partial charge < -0.3 is 4.74 Å². The third kappa shape index (κ3) is 6.20. The highest BCUT2D eigenvalue weighted by Crippen LogP contribution is 2.13. The van der Waals surface area contributed by atoms with Crippen molar-refractivity contribution < 1.29 is 14.3 Å². The van der Waals surface area contributed by atoms with Crippen LogP contribution >= 0.6 is 0 Å². The molecule has 156 valence electrons.